The number of aryl methyl sites for hydroxylation is 1. The summed E-state index contributed by atoms with van der Waals surface area (Å²) in [6.45, 7) is 7.42. The van der Waals surface area contributed by atoms with Crippen LogP contribution in [0.5, 0.6) is 5.75 Å². The lowest BCUT2D eigenvalue weighted by molar-refractivity contribution is -0.142. The van der Waals surface area contributed by atoms with Crippen LogP contribution < -0.4 is 10.1 Å². The van der Waals surface area contributed by atoms with Gasteiger partial charge < -0.3 is 15.0 Å². The molecule has 8 heteroatoms. The molecule has 0 saturated heterocycles. The van der Waals surface area contributed by atoms with Crippen molar-refractivity contribution >= 4 is 46.6 Å². The topological polar surface area (TPSA) is 58.6 Å². The van der Waals surface area contributed by atoms with Gasteiger partial charge in [-0.1, -0.05) is 47.8 Å². The van der Waals surface area contributed by atoms with Gasteiger partial charge in [-0.05, 0) is 68.7 Å². The number of carbonyl (C=O) groups is 2. The largest absolute Gasteiger partial charge is 0.484 e. The maximum absolute atomic E-state index is 13.1. The van der Waals surface area contributed by atoms with E-state index in [4.69, 9.17) is 39.5 Å². The standard InChI is InChI=1S/C23H27Cl3N2O3/c1-5-15(3)27-23(30)16(4)28(12-17-6-8-20(25)21(26)11-17)22(29)13-31-18-7-9-19(24)14(2)10-18/h6-11,15-16H,5,12-13H2,1-4H3,(H,27,30). The van der Waals surface area contributed by atoms with E-state index < -0.39 is 6.04 Å². The normalized spacial score (nSPS) is 12.7. The molecule has 0 spiro atoms. The summed E-state index contributed by atoms with van der Waals surface area (Å²) in [7, 11) is 0. The number of amides is 2. The number of nitrogens with one attached hydrogen (secondary N) is 1. The molecule has 0 fully saturated rings. The van der Waals surface area contributed by atoms with Gasteiger partial charge in [-0.2, -0.15) is 0 Å². The van der Waals surface area contributed by atoms with Crippen molar-refractivity contribution < 1.29 is 14.3 Å². The number of benzene rings is 2. The molecule has 31 heavy (non-hydrogen) atoms. The zero-order valence-corrected chi connectivity index (χ0v) is 20.3. The van der Waals surface area contributed by atoms with Crippen molar-refractivity contribution in [2.45, 2.75) is 52.7 Å². The number of hydrogen-bond donors (Lipinski definition) is 1. The van der Waals surface area contributed by atoms with Crippen molar-refractivity contribution in [1.82, 2.24) is 10.2 Å². The molecule has 2 atom stereocenters. The Morgan fingerprint density at radius 3 is 2.32 bits per heavy atom. The molecule has 2 rings (SSSR count). The van der Waals surface area contributed by atoms with Crippen LogP contribution in [0.25, 0.3) is 0 Å². The Bertz CT molecular complexity index is 936. The van der Waals surface area contributed by atoms with Crippen LogP contribution >= 0.6 is 34.8 Å². The van der Waals surface area contributed by atoms with Crippen molar-refractivity contribution in [1.29, 1.82) is 0 Å². The first-order valence-corrected chi connectivity index (χ1v) is 11.2. The molecule has 2 aromatic carbocycles. The molecular weight excluding hydrogens is 459 g/mol. The summed E-state index contributed by atoms with van der Waals surface area (Å²) in [6.07, 6.45) is 0.790. The highest BCUT2D eigenvalue weighted by molar-refractivity contribution is 6.42. The average molecular weight is 486 g/mol. The zero-order valence-electron chi connectivity index (χ0n) is 18.0. The van der Waals surface area contributed by atoms with E-state index >= 15 is 0 Å². The Kier molecular flexibility index (Phi) is 9.48. The van der Waals surface area contributed by atoms with E-state index in [1.807, 2.05) is 20.8 Å². The molecule has 2 unspecified atom stereocenters. The third-order valence-corrected chi connectivity index (χ3v) is 6.16. The summed E-state index contributed by atoms with van der Waals surface area (Å²) in [5.74, 6) is -0.0305. The van der Waals surface area contributed by atoms with Crippen molar-refractivity contribution in [3.05, 3.63) is 62.6 Å². The summed E-state index contributed by atoms with van der Waals surface area (Å²) in [5, 5.41) is 4.35. The molecule has 1 N–H and O–H groups in total. The Morgan fingerprint density at radius 1 is 1.03 bits per heavy atom. The first kappa shape index (κ1) is 25.3. The van der Waals surface area contributed by atoms with E-state index in [0.29, 0.717) is 20.8 Å². The first-order valence-electron chi connectivity index (χ1n) is 10.0. The lowest BCUT2D eigenvalue weighted by Gasteiger charge is -2.29. The smallest absolute Gasteiger partial charge is 0.261 e. The molecule has 0 aliphatic carbocycles. The third-order valence-electron chi connectivity index (χ3n) is 5.00. The van der Waals surface area contributed by atoms with Crippen molar-refractivity contribution in [2.24, 2.45) is 0 Å². The van der Waals surface area contributed by atoms with Crippen LogP contribution in [0.4, 0.5) is 0 Å². The number of hydrogen-bond acceptors (Lipinski definition) is 3. The molecule has 5 nitrogen and oxygen atoms in total. The minimum atomic E-state index is -0.702. The Labute approximate surface area is 198 Å². The molecule has 0 aromatic heterocycles. The summed E-state index contributed by atoms with van der Waals surface area (Å²) < 4.78 is 5.67. The fourth-order valence-corrected chi connectivity index (χ4v) is 3.26. The number of nitrogens with zero attached hydrogens (tertiary/aromatic N) is 1. The van der Waals surface area contributed by atoms with Gasteiger partial charge in [-0.3, -0.25) is 9.59 Å². The summed E-state index contributed by atoms with van der Waals surface area (Å²) >= 11 is 18.2. The molecule has 0 radical (unpaired) electrons. The number of ether oxygens (including phenoxy) is 1. The van der Waals surface area contributed by atoms with Gasteiger partial charge in [0.2, 0.25) is 5.91 Å². The van der Waals surface area contributed by atoms with Crippen molar-refractivity contribution in [2.75, 3.05) is 6.61 Å². The molecule has 2 amide bonds. The molecule has 0 aliphatic heterocycles. The zero-order chi connectivity index (χ0) is 23.1. The number of carbonyl (C=O) groups excluding carboxylic acids is 2. The van der Waals surface area contributed by atoms with E-state index in [9.17, 15) is 9.59 Å². The second kappa shape index (κ2) is 11.6. The van der Waals surface area contributed by atoms with Crippen molar-refractivity contribution in [3.63, 3.8) is 0 Å². The van der Waals surface area contributed by atoms with Crippen LogP contribution in [0.15, 0.2) is 36.4 Å². The van der Waals surface area contributed by atoms with Crippen LogP contribution in [0, 0.1) is 6.92 Å². The second-order valence-electron chi connectivity index (χ2n) is 7.46. The van der Waals surface area contributed by atoms with Crippen LogP contribution in [-0.4, -0.2) is 35.4 Å². The fraction of sp³-hybridized carbons (Fsp3) is 0.391. The van der Waals surface area contributed by atoms with E-state index in [1.165, 1.54) is 4.90 Å². The second-order valence-corrected chi connectivity index (χ2v) is 8.69. The molecule has 2 aromatic rings. The van der Waals surface area contributed by atoms with Gasteiger partial charge in [0.25, 0.3) is 5.91 Å². The molecular formula is C23H27Cl3N2O3. The summed E-state index contributed by atoms with van der Waals surface area (Å²) in [5.41, 5.74) is 1.61. The van der Waals surface area contributed by atoms with E-state index in [0.717, 1.165) is 17.5 Å². The van der Waals surface area contributed by atoms with E-state index in [-0.39, 0.29) is 31.0 Å². The Balaban J connectivity index is 2.19. The van der Waals surface area contributed by atoms with Gasteiger partial charge in [0.15, 0.2) is 6.61 Å². The Morgan fingerprint density at radius 2 is 1.71 bits per heavy atom. The Hall–Kier alpha value is -1.95. The number of rotatable bonds is 9. The summed E-state index contributed by atoms with van der Waals surface area (Å²) in [6, 6.07) is 9.61. The average Bonchev–Trinajstić information content (AvgIpc) is 2.74. The monoisotopic (exact) mass is 484 g/mol. The van der Waals surface area contributed by atoms with Gasteiger partial charge in [-0.15, -0.1) is 0 Å². The van der Waals surface area contributed by atoms with Gasteiger partial charge in [-0.25, -0.2) is 0 Å². The lowest BCUT2D eigenvalue weighted by atomic mass is 10.1. The van der Waals surface area contributed by atoms with Gasteiger partial charge in [0.05, 0.1) is 10.0 Å². The highest BCUT2D eigenvalue weighted by Crippen LogP contribution is 2.24. The summed E-state index contributed by atoms with van der Waals surface area (Å²) in [4.78, 5) is 27.3. The lowest BCUT2D eigenvalue weighted by Crippen LogP contribution is -2.50. The molecule has 0 heterocycles. The van der Waals surface area contributed by atoms with Gasteiger partial charge in [0, 0.05) is 17.6 Å². The highest BCUT2D eigenvalue weighted by Gasteiger charge is 2.27. The van der Waals surface area contributed by atoms with E-state index in [1.54, 1.807) is 43.3 Å². The number of halogens is 3. The minimum Gasteiger partial charge on any atom is -0.484 e. The fourth-order valence-electron chi connectivity index (χ4n) is 2.82. The van der Waals surface area contributed by atoms with E-state index in [2.05, 4.69) is 5.32 Å². The van der Waals surface area contributed by atoms with Crippen molar-refractivity contribution in [3.8, 4) is 5.75 Å². The maximum Gasteiger partial charge on any atom is 0.261 e. The molecule has 168 valence electrons. The van der Waals surface area contributed by atoms with Gasteiger partial charge >= 0.3 is 0 Å². The van der Waals surface area contributed by atoms with Crippen LogP contribution in [0.1, 0.15) is 38.3 Å². The van der Waals surface area contributed by atoms with Crippen LogP contribution in [-0.2, 0) is 16.1 Å². The highest BCUT2D eigenvalue weighted by atomic mass is 35.5. The SMILES string of the molecule is CCC(C)NC(=O)C(C)N(Cc1ccc(Cl)c(Cl)c1)C(=O)COc1ccc(Cl)c(C)c1. The molecule has 0 aliphatic rings. The predicted molar refractivity (Wildman–Crippen MR) is 126 cm³/mol. The first-order chi connectivity index (χ1) is 14.6. The third kappa shape index (κ3) is 7.30. The predicted octanol–water partition coefficient (Wildman–Crippen LogP) is 5.67. The van der Waals surface area contributed by atoms with Crippen LogP contribution in [0.3, 0.4) is 0 Å². The van der Waals surface area contributed by atoms with Gasteiger partial charge in [0.1, 0.15) is 11.8 Å². The molecule has 0 bridgehead atoms. The maximum atomic E-state index is 13.1. The van der Waals surface area contributed by atoms with Crippen LogP contribution in [0.2, 0.25) is 15.1 Å². The quantitative estimate of drug-likeness (QED) is 0.498. The minimum absolute atomic E-state index is 0.00479. The molecule has 0 saturated carbocycles.